The standard InChI is InChI=1S/C40H52N2O2/c1-27-15-18-35(19-16-27)40(5,34-12-8-13-34)44-39-28(2)9-6-14-36(39)31-21-23-42(24-22-31)26-30(4)41-37-20-17-33(25-29(37)3)38(43)32-10-7-11-32/h6,9,14-20,25,30-32,34,41H,7-8,10-13,21-24,26H2,1-5H3. The molecule has 0 radical (unpaired) electrons. The molecule has 0 aromatic heterocycles. The zero-order chi connectivity index (χ0) is 30.8. The third-order valence-corrected chi connectivity index (χ3v) is 11.0. The van der Waals surface area contributed by atoms with Crippen molar-refractivity contribution >= 4 is 11.5 Å². The molecule has 3 aromatic carbocycles. The van der Waals surface area contributed by atoms with Crippen molar-refractivity contribution in [1.29, 1.82) is 0 Å². The quantitative estimate of drug-likeness (QED) is 0.225. The Morgan fingerprint density at radius 3 is 2.23 bits per heavy atom. The molecule has 0 amide bonds. The zero-order valence-electron chi connectivity index (χ0n) is 27.6. The van der Waals surface area contributed by atoms with Gasteiger partial charge in [0, 0.05) is 35.7 Å². The molecule has 0 bridgehead atoms. The van der Waals surface area contributed by atoms with Crippen LogP contribution < -0.4 is 10.1 Å². The molecule has 234 valence electrons. The molecule has 0 spiro atoms. The van der Waals surface area contributed by atoms with Gasteiger partial charge in [-0.2, -0.15) is 0 Å². The molecule has 4 nitrogen and oxygen atoms in total. The molecule has 1 N–H and O–H groups in total. The normalized spacial score (nSPS) is 20.3. The number of para-hydroxylation sites is 1. The van der Waals surface area contributed by atoms with Crippen molar-refractivity contribution in [3.8, 4) is 5.75 Å². The maximum Gasteiger partial charge on any atom is 0.165 e. The van der Waals surface area contributed by atoms with E-state index in [9.17, 15) is 4.79 Å². The topological polar surface area (TPSA) is 41.6 Å². The first kappa shape index (κ1) is 30.9. The van der Waals surface area contributed by atoms with Gasteiger partial charge in [-0.05, 0) is 133 Å². The molecule has 6 rings (SSSR count). The number of ketones is 1. The first-order valence-corrected chi connectivity index (χ1v) is 17.2. The van der Waals surface area contributed by atoms with Crippen LogP contribution in [0.15, 0.2) is 60.7 Å². The van der Waals surface area contributed by atoms with Crippen LogP contribution in [0.1, 0.15) is 109 Å². The van der Waals surface area contributed by atoms with Gasteiger partial charge in [0.2, 0.25) is 0 Å². The summed E-state index contributed by atoms with van der Waals surface area (Å²) in [4.78, 5) is 15.3. The van der Waals surface area contributed by atoms with E-state index in [1.54, 1.807) is 0 Å². The van der Waals surface area contributed by atoms with Gasteiger partial charge in [0.05, 0.1) is 0 Å². The minimum atomic E-state index is -0.310. The fourth-order valence-electron chi connectivity index (χ4n) is 7.58. The Morgan fingerprint density at radius 1 is 0.909 bits per heavy atom. The van der Waals surface area contributed by atoms with Gasteiger partial charge in [0.25, 0.3) is 0 Å². The van der Waals surface area contributed by atoms with E-state index in [0.717, 1.165) is 67.9 Å². The van der Waals surface area contributed by atoms with Gasteiger partial charge in [-0.3, -0.25) is 4.79 Å². The minimum absolute atomic E-state index is 0.248. The van der Waals surface area contributed by atoms with E-state index in [-0.39, 0.29) is 11.5 Å². The Labute approximate surface area is 265 Å². The van der Waals surface area contributed by atoms with Crippen LogP contribution in [-0.2, 0) is 5.60 Å². The molecule has 44 heavy (non-hydrogen) atoms. The highest BCUT2D eigenvalue weighted by Crippen LogP contribution is 2.48. The molecule has 4 heteroatoms. The first-order valence-electron chi connectivity index (χ1n) is 17.2. The van der Waals surface area contributed by atoms with E-state index in [0.29, 0.717) is 23.7 Å². The second-order valence-corrected chi connectivity index (χ2v) is 14.3. The summed E-state index contributed by atoms with van der Waals surface area (Å²) < 4.78 is 7.22. The number of ether oxygens (including phenoxy) is 1. The number of carbonyl (C=O) groups is 1. The van der Waals surface area contributed by atoms with E-state index in [1.807, 2.05) is 6.07 Å². The number of aryl methyl sites for hydroxylation is 3. The van der Waals surface area contributed by atoms with E-state index in [1.165, 1.54) is 47.9 Å². The van der Waals surface area contributed by atoms with Crippen LogP contribution in [0.3, 0.4) is 0 Å². The summed E-state index contributed by atoms with van der Waals surface area (Å²) in [7, 11) is 0. The number of nitrogens with zero attached hydrogens (tertiary/aromatic N) is 1. The van der Waals surface area contributed by atoms with Crippen molar-refractivity contribution in [2.75, 3.05) is 25.0 Å². The number of hydrogen-bond acceptors (Lipinski definition) is 4. The van der Waals surface area contributed by atoms with Crippen molar-refractivity contribution in [1.82, 2.24) is 4.90 Å². The van der Waals surface area contributed by atoms with Crippen molar-refractivity contribution in [3.05, 3.63) is 94.0 Å². The molecular weight excluding hydrogens is 540 g/mol. The molecular formula is C40H52N2O2. The van der Waals surface area contributed by atoms with Gasteiger partial charge in [-0.25, -0.2) is 0 Å². The summed E-state index contributed by atoms with van der Waals surface area (Å²) >= 11 is 0. The van der Waals surface area contributed by atoms with Crippen LogP contribution in [0.2, 0.25) is 0 Å². The van der Waals surface area contributed by atoms with Gasteiger partial charge in [0.1, 0.15) is 11.4 Å². The van der Waals surface area contributed by atoms with E-state index >= 15 is 0 Å². The third-order valence-electron chi connectivity index (χ3n) is 11.0. The molecule has 1 aliphatic heterocycles. The van der Waals surface area contributed by atoms with Crippen LogP contribution in [0, 0.1) is 32.6 Å². The maximum atomic E-state index is 12.7. The van der Waals surface area contributed by atoms with Gasteiger partial charge in [-0.1, -0.05) is 60.9 Å². The molecule has 1 heterocycles. The molecule has 2 atom stereocenters. The fourth-order valence-corrected chi connectivity index (χ4v) is 7.58. The summed E-state index contributed by atoms with van der Waals surface area (Å²) in [5.74, 6) is 2.75. The van der Waals surface area contributed by atoms with E-state index in [4.69, 9.17) is 4.74 Å². The zero-order valence-corrected chi connectivity index (χ0v) is 27.6. The summed E-state index contributed by atoms with van der Waals surface area (Å²) in [5, 5.41) is 3.73. The Balaban J connectivity index is 1.09. The number of carbonyl (C=O) groups excluding carboxylic acids is 1. The first-order chi connectivity index (χ1) is 21.2. The number of likely N-dealkylation sites (tertiary alicyclic amines) is 1. The number of hydrogen-bond donors (Lipinski definition) is 1. The number of piperidine rings is 1. The van der Waals surface area contributed by atoms with Gasteiger partial charge in [0.15, 0.2) is 5.78 Å². The van der Waals surface area contributed by atoms with Crippen LogP contribution in [0.4, 0.5) is 5.69 Å². The summed E-state index contributed by atoms with van der Waals surface area (Å²) in [6.07, 6.45) is 9.36. The van der Waals surface area contributed by atoms with Crippen LogP contribution in [0.25, 0.3) is 0 Å². The van der Waals surface area contributed by atoms with Crippen LogP contribution in [0.5, 0.6) is 5.75 Å². The van der Waals surface area contributed by atoms with E-state index < -0.39 is 0 Å². The molecule has 1 saturated heterocycles. The highest BCUT2D eigenvalue weighted by atomic mass is 16.5. The lowest BCUT2D eigenvalue weighted by Crippen LogP contribution is -2.42. The smallest absolute Gasteiger partial charge is 0.165 e. The Bertz CT molecular complexity index is 1450. The molecule has 3 aromatic rings. The monoisotopic (exact) mass is 592 g/mol. The Kier molecular flexibility index (Phi) is 9.19. The Hall–Kier alpha value is -3.11. The number of Topliss-reactive ketones (excluding diaryl/α,β-unsaturated/α-hetero) is 1. The van der Waals surface area contributed by atoms with Crippen molar-refractivity contribution in [2.45, 2.75) is 104 Å². The van der Waals surface area contributed by atoms with Crippen LogP contribution in [-0.4, -0.2) is 36.4 Å². The third kappa shape index (κ3) is 6.47. The average Bonchev–Trinajstić information content (AvgIpc) is 2.94. The molecule has 2 aliphatic carbocycles. The summed E-state index contributed by atoms with van der Waals surface area (Å²) in [5.41, 5.74) is 8.09. The van der Waals surface area contributed by atoms with Crippen molar-refractivity contribution in [2.24, 2.45) is 11.8 Å². The number of anilines is 1. The lowest BCUT2D eigenvalue weighted by molar-refractivity contribution is -0.0176. The second kappa shape index (κ2) is 13.1. The maximum absolute atomic E-state index is 12.7. The Morgan fingerprint density at radius 2 is 1.61 bits per heavy atom. The highest BCUT2D eigenvalue weighted by molar-refractivity contribution is 5.98. The number of benzene rings is 3. The largest absolute Gasteiger partial charge is 0.482 e. The highest BCUT2D eigenvalue weighted by Gasteiger charge is 2.42. The predicted molar refractivity (Wildman–Crippen MR) is 182 cm³/mol. The second-order valence-electron chi connectivity index (χ2n) is 14.3. The number of rotatable bonds is 11. The molecule has 3 fully saturated rings. The SMILES string of the molecule is Cc1ccc(C(C)(Oc2c(C)cccc2C2CCN(CC(C)Nc3ccc(C(=O)C4CCC4)cc3C)CC2)C2CCC2)cc1. The average molecular weight is 593 g/mol. The molecule has 3 aliphatic rings. The summed E-state index contributed by atoms with van der Waals surface area (Å²) in [6, 6.07) is 22.3. The molecule has 2 unspecified atom stereocenters. The lowest BCUT2D eigenvalue weighted by Gasteiger charge is -2.44. The van der Waals surface area contributed by atoms with Crippen LogP contribution >= 0.6 is 0 Å². The van der Waals surface area contributed by atoms with E-state index in [2.05, 4.69) is 99.4 Å². The summed E-state index contributed by atoms with van der Waals surface area (Å²) in [6.45, 7) is 14.3. The number of nitrogens with one attached hydrogen (secondary N) is 1. The van der Waals surface area contributed by atoms with Gasteiger partial charge < -0.3 is 15.0 Å². The molecule has 2 saturated carbocycles. The predicted octanol–water partition coefficient (Wildman–Crippen LogP) is 9.37. The van der Waals surface area contributed by atoms with Gasteiger partial charge in [-0.15, -0.1) is 0 Å². The van der Waals surface area contributed by atoms with Gasteiger partial charge >= 0.3 is 0 Å². The minimum Gasteiger partial charge on any atom is -0.482 e. The van der Waals surface area contributed by atoms with Crippen molar-refractivity contribution in [3.63, 3.8) is 0 Å². The fraction of sp³-hybridized carbons (Fsp3) is 0.525. The van der Waals surface area contributed by atoms with Crippen molar-refractivity contribution < 1.29 is 9.53 Å². The lowest BCUT2D eigenvalue weighted by atomic mass is 9.70.